The van der Waals surface area contributed by atoms with E-state index in [2.05, 4.69) is 11.1 Å². The molecule has 0 unspecified atom stereocenters. The van der Waals surface area contributed by atoms with Gasteiger partial charge in [0.2, 0.25) is 0 Å². The quantitative estimate of drug-likeness (QED) is 0.623. The van der Waals surface area contributed by atoms with Crippen LogP contribution in [0.2, 0.25) is 5.02 Å². The molecular formula is C8H4ClFN. The van der Waals surface area contributed by atoms with Crippen LogP contribution in [0.5, 0.6) is 0 Å². The summed E-state index contributed by atoms with van der Waals surface area (Å²) in [6.07, 6.45) is 1.63. The van der Waals surface area contributed by atoms with Crippen LogP contribution < -0.4 is 0 Å². The molecular weight excluding hydrogens is 165 g/mol. The van der Waals surface area contributed by atoms with Crippen molar-refractivity contribution in [3.63, 3.8) is 0 Å². The van der Waals surface area contributed by atoms with Crippen molar-refractivity contribution < 1.29 is 4.39 Å². The van der Waals surface area contributed by atoms with Gasteiger partial charge in [0.15, 0.2) is 0 Å². The van der Waals surface area contributed by atoms with E-state index in [1.807, 2.05) is 0 Å². The number of aromatic amines is 1. The number of H-pyrrole nitrogens is 1. The van der Waals surface area contributed by atoms with E-state index in [0.29, 0.717) is 5.39 Å². The van der Waals surface area contributed by atoms with Crippen molar-refractivity contribution in [1.29, 1.82) is 0 Å². The van der Waals surface area contributed by atoms with Crippen LogP contribution >= 0.6 is 11.6 Å². The molecule has 0 fully saturated rings. The van der Waals surface area contributed by atoms with Crippen LogP contribution in [0.1, 0.15) is 0 Å². The Labute approximate surface area is 67.8 Å². The Bertz CT molecular complexity index is 358. The summed E-state index contributed by atoms with van der Waals surface area (Å²) < 4.78 is 12.8. The smallest absolute Gasteiger partial charge is 0.142 e. The molecule has 1 radical (unpaired) electrons. The summed E-state index contributed by atoms with van der Waals surface area (Å²) in [7, 11) is 0. The van der Waals surface area contributed by atoms with E-state index in [0.717, 1.165) is 5.52 Å². The van der Waals surface area contributed by atoms with E-state index in [-0.39, 0.29) is 5.02 Å². The summed E-state index contributed by atoms with van der Waals surface area (Å²) >= 11 is 5.54. The van der Waals surface area contributed by atoms with Crippen LogP contribution in [-0.4, -0.2) is 4.98 Å². The van der Waals surface area contributed by atoms with E-state index in [9.17, 15) is 4.39 Å². The maximum atomic E-state index is 12.8. The normalized spacial score (nSPS) is 10.7. The number of fused-ring (bicyclic) bond motifs is 1. The Kier molecular flexibility index (Phi) is 1.36. The molecule has 2 rings (SSSR count). The molecule has 0 saturated carbocycles. The minimum atomic E-state index is -0.407. The molecule has 0 spiro atoms. The fourth-order valence-electron chi connectivity index (χ4n) is 0.977. The molecule has 1 nitrogen and oxygen atoms in total. The van der Waals surface area contributed by atoms with Crippen molar-refractivity contribution in [2.75, 3.05) is 0 Å². The fraction of sp³-hybridized carbons (Fsp3) is 0. The van der Waals surface area contributed by atoms with Crippen LogP contribution in [0, 0.1) is 11.9 Å². The van der Waals surface area contributed by atoms with Gasteiger partial charge in [0.05, 0.1) is 5.02 Å². The Morgan fingerprint density at radius 2 is 2.27 bits per heavy atom. The van der Waals surface area contributed by atoms with Crippen LogP contribution in [-0.2, 0) is 0 Å². The Morgan fingerprint density at radius 3 is 3.09 bits per heavy atom. The van der Waals surface area contributed by atoms with Gasteiger partial charge in [-0.15, -0.1) is 0 Å². The maximum Gasteiger partial charge on any atom is 0.142 e. The van der Waals surface area contributed by atoms with Gasteiger partial charge in [0.1, 0.15) is 5.82 Å². The molecule has 2 aromatic rings. The van der Waals surface area contributed by atoms with Crippen LogP contribution in [0.15, 0.2) is 18.3 Å². The first kappa shape index (κ1) is 6.68. The zero-order valence-corrected chi connectivity index (χ0v) is 6.24. The predicted octanol–water partition coefficient (Wildman–Crippen LogP) is 2.76. The van der Waals surface area contributed by atoms with E-state index in [4.69, 9.17) is 11.6 Å². The fourth-order valence-corrected chi connectivity index (χ4v) is 1.14. The topological polar surface area (TPSA) is 15.8 Å². The third-order valence-corrected chi connectivity index (χ3v) is 1.81. The molecule has 55 valence electrons. The average Bonchev–Trinajstić information content (AvgIpc) is 2.36. The molecule has 0 bridgehead atoms. The molecule has 0 amide bonds. The predicted molar refractivity (Wildman–Crippen MR) is 42.1 cm³/mol. The van der Waals surface area contributed by atoms with Crippen molar-refractivity contribution in [1.82, 2.24) is 4.98 Å². The summed E-state index contributed by atoms with van der Waals surface area (Å²) in [4.78, 5) is 2.88. The van der Waals surface area contributed by atoms with Crippen LogP contribution in [0.25, 0.3) is 10.9 Å². The highest BCUT2D eigenvalue weighted by Crippen LogP contribution is 2.20. The number of halogens is 2. The highest BCUT2D eigenvalue weighted by Gasteiger charge is 2.01. The summed E-state index contributed by atoms with van der Waals surface area (Å²) in [5.74, 6) is -0.407. The average molecular weight is 169 g/mol. The van der Waals surface area contributed by atoms with Gasteiger partial charge in [-0.2, -0.15) is 0 Å². The first-order valence-corrected chi connectivity index (χ1v) is 3.49. The lowest BCUT2D eigenvalue weighted by Gasteiger charge is -1.92. The number of hydrogen-bond acceptors (Lipinski definition) is 0. The molecule has 3 heteroatoms. The zero-order valence-electron chi connectivity index (χ0n) is 5.49. The van der Waals surface area contributed by atoms with Gasteiger partial charge in [-0.3, -0.25) is 0 Å². The van der Waals surface area contributed by atoms with Crippen LogP contribution in [0.4, 0.5) is 4.39 Å². The Hall–Kier alpha value is -1.02. The molecule has 1 N–H and O–H groups in total. The van der Waals surface area contributed by atoms with E-state index in [1.165, 1.54) is 6.07 Å². The summed E-state index contributed by atoms with van der Waals surface area (Å²) in [6, 6.07) is 5.73. The third kappa shape index (κ3) is 0.994. The van der Waals surface area contributed by atoms with Gasteiger partial charge in [-0.25, -0.2) is 4.39 Å². The SMILES string of the molecule is Fc1cc2[c]c[nH]c2cc1Cl. The molecule has 0 aliphatic heterocycles. The lowest BCUT2D eigenvalue weighted by atomic mass is 10.2. The van der Waals surface area contributed by atoms with Gasteiger partial charge >= 0.3 is 0 Å². The Morgan fingerprint density at radius 1 is 1.45 bits per heavy atom. The minimum absolute atomic E-state index is 0.133. The minimum Gasteiger partial charge on any atom is -0.360 e. The number of nitrogens with one attached hydrogen (secondary N) is 1. The molecule has 0 aliphatic rings. The molecule has 11 heavy (non-hydrogen) atoms. The lowest BCUT2D eigenvalue weighted by Crippen LogP contribution is -1.75. The summed E-state index contributed by atoms with van der Waals surface area (Å²) in [5, 5.41) is 0.847. The first-order chi connectivity index (χ1) is 5.27. The Balaban J connectivity index is 2.86. The standard InChI is InChI=1S/C8H4ClFN/c9-6-4-8-5(1-2-11-8)3-7(6)10/h2-4,11H. The number of benzene rings is 1. The van der Waals surface area contributed by atoms with E-state index >= 15 is 0 Å². The van der Waals surface area contributed by atoms with E-state index < -0.39 is 5.82 Å². The second-order valence-electron chi connectivity index (χ2n) is 2.24. The van der Waals surface area contributed by atoms with Crippen molar-refractivity contribution in [2.45, 2.75) is 0 Å². The number of aromatic nitrogens is 1. The second-order valence-corrected chi connectivity index (χ2v) is 2.65. The van der Waals surface area contributed by atoms with E-state index in [1.54, 1.807) is 12.3 Å². The van der Waals surface area contributed by atoms with Crippen molar-refractivity contribution in [3.05, 3.63) is 35.2 Å². The third-order valence-electron chi connectivity index (χ3n) is 1.52. The highest BCUT2D eigenvalue weighted by molar-refractivity contribution is 6.31. The monoisotopic (exact) mass is 168 g/mol. The molecule has 0 saturated heterocycles. The molecule has 0 atom stereocenters. The van der Waals surface area contributed by atoms with Gasteiger partial charge < -0.3 is 4.98 Å². The van der Waals surface area contributed by atoms with Gasteiger partial charge in [0.25, 0.3) is 0 Å². The molecule has 1 heterocycles. The lowest BCUT2D eigenvalue weighted by molar-refractivity contribution is 0.630. The van der Waals surface area contributed by atoms with Gasteiger partial charge in [-0.1, -0.05) is 11.6 Å². The molecule has 0 aliphatic carbocycles. The first-order valence-electron chi connectivity index (χ1n) is 3.11. The number of hydrogen-bond donors (Lipinski definition) is 1. The summed E-state index contributed by atoms with van der Waals surface area (Å²) in [6.45, 7) is 0. The number of rotatable bonds is 0. The second kappa shape index (κ2) is 2.24. The maximum absolute atomic E-state index is 12.8. The largest absolute Gasteiger partial charge is 0.360 e. The van der Waals surface area contributed by atoms with Crippen molar-refractivity contribution >= 4 is 22.5 Å². The van der Waals surface area contributed by atoms with Crippen molar-refractivity contribution in [3.8, 4) is 0 Å². The zero-order chi connectivity index (χ0) is 7.84. The van der Waals surface area contributed by atoms with Crippen molar-refractivity contribution in [2.24, 2.45) is 0 Å². The molecule has 1 aromatic heterocycles. The van der Waals surface area contributed by atoms with Gasteiger partial charge in [0, 0.05) is 23.2 Å². The van der Waals surface area contributed by atoms with Crippen LogP contribution in [0.3, 0.4) is 0 Å². The highest BCUT2D eigenvalue weighted by atomic mass is 35.5. The summed E-state index contributed by atoms with van der Waals surface area (Å²) in [5.41, 5.74) is 0.802. The molecule has 1 aromatic carbocycles. The van der Waals surface area contributed by atoms with Gasteiger partial charge in [-0.05, 0) is 12.1 Å².